The van der Waals surface area contributed by atoms with Gasteiger partial charge in [0, 0.05) is 39.3 Å². The summed E-state index contributed by atoms with van der Waals surface area (Å²) >= 11 is 0. The van der Waals surface area contributed by atoms with Crippen LogP contribution < -0.4 is 0 Å². The van der Waals surface area contributed by atoms with E-state index in [2.05, 4.69) is 72.6 Å². The van der Waals surface area contributed by atoms with Crippen molar-refractivity contribution in [3.8, 4) is 0 Å². The van der Waals surface area contributed by atoms with Crippen molar-refractivity contribution in [2.24, 2.45) is 0 Å². The van der Waals surface area contributed by atoms with E-state index in [-0.39, 0.29) is 0 Å². The molecule has 0 unspecified atom stereocenters. The lowest BCUT2D eigenvalue weighted by atomic mass is 10.5. The molecule has 0 aromatic carbocycles. The highest BCUT2D eigenvalue weighted by atomic mass is 28.3. The van der Waals surface area contributed by atoms with Gasteiger partial charge in [0.05, 0.1) is 0 Å². The van der Waals surface area contributed by atoms with Gasteiger partial charge in [0.15, 0.2) is 0 Å². The minimum atomic E-state index is -1.20. The summed E-state index contributed by atoms with van der Waals surface area (Å²) in [4.78, 5) is 0. The van der Waals surface area contributed by atoms with Crippen LogP contribution in [-0.4, -0.2) is 77.7 Å². The quantitative estimate of drug-likeness (QED) is 0.726. The molecule has 1 rings (SSSR count). The third-order valence-corrected chi connectivity index (χ3v) is 11.8. The Labute approximate surface area is 137 Å². The normalized spacial score (nSPS) is 22.7. The van der Waals surface area contributed by atoms with Crippen LogP contribution in [0.4, 0.5) is 0 Å². The van der Waals surface area contributed by atoms with E-state index in [0.29, 0.717) is 0 Å². The average Bonchev–Trinajstić information content (AvgIpc) is 2.34. The molecule has 0 bridgehead atoms. The number of hydrogen-bond donors (Lipinski definition) is 0. The number of hydrogen-bond acceptors (Lipinski definition) is 3. The maximum absolute atomic E-state index is 2.83. The first kappa shape index (κ1) is 19.6. The van der Waals surface area contributed by atoms with Crippen molar-refractivity contribution in [3.63, 3.8) is 0 Å². The van der Waals surface area contributed by atoms with Crippen molar-refractivity contribution in [1.82, 2.24) is 13.7 Å². The van der Waals surface area contributed by atoms with E-state index < -0.39 is 24.7 Å². The number of nitrogens with zero attached hydrogens (tertiary/aromatic N) is 3. The maximum atomic E-state index is 2.83. The molecule has 3 nitrogen and oxygen atoms in total. The molecule has 1 aliphatic heterocycles. The van der Waals surface area contributed by atoms with E-state index in [4.69, 9.17) is 0 Å². The second-order valence-electron chi connectivity index (χ2n) is 9.47. The minimum absolute atomic E-state index is 1.20. The molecule has 21 heavy (non-hydrogen) atoms. The smallest absolute Gasteiger partial charge is 0.119 e. The zero-order valence-electron chi connectivity index (χ0n) is 16.1. The van der Waals surface area contributed by atoms with Crippen molar-refractivity contribution in [1.29, 1.82) is 0 Å². The van der Waals surface area contributed by atoms with Gasteiger partial charge in [0.1, 0.15) is 24.7 Å². The summed E-state index contributed by atoms with van der Waals surface area (Å²) in [6, 6.07) is 0. The molecular formula is C15H39N3Si3. The SMILES string of the molecule is C[Si](C)(C)N1CCN([Si](C)(C)C)CCN([Si](C)(C)C)CC1. The van der Waals surface area contributed by atoms with Crippen molar-refractivity contribution in [3.05, 3.63) is 0 Å². The molecule has 1 saturated heterocycles. The predicted octanol–water partition coefficient (Wildman–Crippen LogP) is 3.41. The van der Waals surface area contributed by atoms with E-state index in [1.54, 1.807) is 0 Å². The van der Waals surface area contributed by atoms with Crippen LogP contribution in [0.3, 0.4) is 0 Å². The molecule has 0 aliphatic carbocycles. The molecule has 0 aromatic rings. The average molecular weight is 346 g/mol. The van der Waals surface area contributed by atoms with Crippen molar-refractivity contribution in [2.45, 2.75) is 58.9 Å². The molecule has 1 fully saturated rings. The van der Waals surface area contributed by atoms with Crippen LogP contribution in [0.1, 0.15) is 0 Å². The first-order chi connectivity index (χ1) is 9.32. The predicted molar refractivity (Wildman–Crippen MR) is 105 cm³/mol. The van der Waals surface area contributed by atoms with Crippen molar-refractivity contribution in [2.75, 3.05) is 39.3 Å². The van der Waals surface area contributed by atoms with E-state index in [1.807, 2.05) is 0 Å². The fourth-order valence-electron chi connectivity index (χ4n) is 3.07. The summed E-state index contributed by atoms with van der Waals surface area (Å²) in [7, 11) is -3.60. The van der Waals surface area contributed by atoms with Gasteiger partial charge in [0.25, 0.3) is 0 Å². The van der Waals surface area contributed by atoms with E-state index >= 15 is 0 Å². The molecule has 0 amide bonds. The summed E-state index contributed by atoms with van der Waals surface area (Å²) in [5.41, 5.74) is 0. The Morgan fingerprint density at radius 2 is 0.524 bits per heavy atom. The second kappa shape index (κ2) is 6.97. The fraction of sp³-hybridized carbons (Fsp3) is 1.00. The molecule has 0 spiro atoms. The van der Waals surface area contributed by atoms with Crippen LogP contribution in [-0.2, 0) is 0 Å². The van der Waals surface area contributed by atoms with Crippen molar-refractivity contribution < 1.29 is 0 Å². The summed E-state index contributed by atoms with van der Waals surface area (Å²) in [5.74, 6) is 0. The Balaban J connectivity index is 2.93. The van der Waals surface area contributed by atoms with Crippen LogP contribution in [0, 0.1) is 0 Å². The zero-order chi connectivity index (χ0) is 16.5. The third kappa shape index (κ3) is 6.27. The third-order valence-electron chi connectivity index (χ3n) is 4.77. The van der Waals surface area contributed by atoms with Gasteiger partial charge < -0.3 is 13.7 Å². The van der Waals surface area contributed by atoms with Crippen LogP contribution in [0.2, 0.25) is 58.9 Å². The Morgan fingerprint density at radius 3 is 0.619 bits per heavy atom. The van der Waals surface area contributed by atoms with Crippen LogP contribution in [0.5, 0.6) is 0 Å². The topological polar surface area (TPSA) is 9.72 Å². The van der Waals surface area contributed by atoms with Gasteiger partial charge in [-0.1, -0.05) is 58.9 Å². The summed E-state index contributed by atoms with van der Waals surface area (Å²) < 4.78 is 8.50. The van der Waals surface area contributed by atoms with Gasteiger partial charge in [-0.15, -0.1) is 0 Å². The number of rotatable bonds is 3. The first-order valence-corrected chi connectivity index (χ1v) is 18.9. The molecular weight excluding hydrogens is 306 g/mol. The highest BCUT2D eigenvalue weighted by Gasteiger charge is 2.32. The molecule has 0 atom stereocenters. The molecule has 0 saturated carbocycles. The van der Waals surface area contributed by atoms with Gasteiger partial charge in [-0.05, 0) is 0 Å². The monoisotopic (exact) mass is 345 g/mol. The van der Waals surface area contributed by atoms with Crippen LogP contribution >= 0.6 is 0 Å². The van der Waals surface area contributed by atoms with E-state index in [1.165, 1.54) is 39.3 Å². The van der Waals surface area contributed by atoms with Crippen LogP contribution in [0.25, 0.3) is 0 Å². The highest BCUT2D eigenvalue weighted by Crippen LogP contribution is 2.17. The molecule has 0 aromatic heterocycles. The Bertz CT molecular complexity index is 264. The van der Waals surface area contributed by atoms with Gasteiger partial charge in [-0.2, -0.15) is 0 Å². The summed E-state index contributed by atoms with van der Waals surface area (Å²) in [6.45, 7) is 30.2. The summed E-state index contributed by atoms with van der Waals surface area (Å²) in [5, 5.41) is 0. The van der Waals surface area contributed by atoms with Gasteiger partial charge >= 0.3 is 0 Å². The largest absolute Gasteiger partial charge is 0.321 e. The molecule has 1 aliphatic rings. The molecule has 1 heterocycles. The second-order valence-corrected chi connectivity index (χ2v) is 24.4. The molecule has 0 N–H and O–H groups in total. The fourth-order valence-corrected chi connectivity index (χ4v) is 7.70. The van der Waals surface area contributed by atoms with Crippen molar-refractivity contribution >= 4 is 24.7 Å². The lowest BCUT2D eigenvalue weighted by Crippen LogP contribution is -2.53. The molecule has 0 radical (unpaired) electrons. The lowest BCUT2D eigenvalue weighted by Gasteiger charge is -2.38. The summed E-state index contributed by atoms with van der Waals surface area (Å²) in [6.07, 6.45) is 0. The van der Waals surface area contributed by atoms with E-state index in [9.17, 15) is 0 Å². The maximum Gasteiger partial charge on any atom is 0.119 e. The Hall–Kier alpha value is 0.531. The van der Waals surface area contributed by atoms with E-state index in [0.717, 1.165) is 0 Å². The lowest BCUT2D eigenvalue weighted by molar-refractivity contribution is 0.367. The highest BCUT2D eigenvalue weighted by molar-refractivity contribution is 6.74. The van der Waals surface area contributed by atoms with Crippen LogP contribution in [0.15, 0.2) is 0 Å². The zero-order valence-corrected chi connectivity index (χ0v) is 19.1. The minimum Gasteiger partial charge on any atom is -0.321 e. The first-order valence-electron chi connectivity index (χ1n) is 8.57. The molecule has 6 heteroatoms. The van der Waals surface area contributed by atoms with Gasteiger partial charge in [0.2, 0.25) is 0 Å². The van der Waals surface area contributed by atoms with Gasteiger partial charge in [-0.25, -0.2) is 0 Å². The molecule has 126 valence electrons. The Morgan fingerprint density at radius 1 is 0.381 bits per heavy atom. The van der Waals surface area contributed by atoms with Gasteiger partial charge in [-0.3, -0.25) is 0 Å². The standard InChI is InChI=1S/C15H39N3Si3/c1-19(2,3)16-10-12-17(20(4,5)6)14-15-18(13-11-16)21(7,8)9/h10-15H2,1-9H3. The Kier molecular flexibility index (Phi) is 6.49.